The van der Waals surface area contributed by atoms with Crippen LogP contribution in [0.15, 0.2) is 22.7 Å². The Kier molecular flexibility index (Phi) is 2.25. The van der Waals surface area contributed by atoms with Crippen molar-refractivity contribution in [1.82, 2.24) is 10.1 Å². The Morgan fingerprint density at radius 3 is 2.71 bits per heavy atom. The first kappa shape index (κ1) is 9.21. The van der Waals surface area contributed by atoms with Gasteiger partial charge < -0.3 is 4.52 Å². The maximum absolute atomic E-state index is 5.59. The lowest BCUT2D eigenvalue weighted by Gasteiger charge is -2.02. The van der Waals surface area contributed by atoms with E-state index in [1.165, 1.54) is 5.56 Å². The van der Waals surface area contributed by atoms with Crippen molar-refractivity contribution in [2.24, 2.45) is 0 Å². The standard InChI is InChI=1S/C10H9ClN2O/c1-6-4-3-5-8(7(6)2)9-12-10(11)13-14-9/h3-5H,1-2H3. The van der Waals surface area contributed by atoms with Gasteiger partial charge in [0.2, 0.25) is 0 Å². The summed E-state index contributed by atoms with van der Waals surface area (Å²) in [6.07, 6.45) is 0. The van der Waals surface area contributed by atoms with Crippen LogP contribution in [-0.2, 0) is 0 Å². The molecule has 0 aliphatic rings. The molecule has 1 heterocycles. The van der Waals surface area contributed by atoms with E-state index in [4.69, 9.17) is 16.1 Å². The summed E-state index contributed by atoms with van der Waals surface area (Å²) in [4.78, 5) is 3.97. The summed E-state index contributed by atoms with van der Waals surface area (Å²) < 4.78 is 4.99. The summed E-state index contributed by atoms with van der Waals surface area (Å²) in [7, 11) is 0. The highest BCUT2D eigenvalue weighted by atomic mass is 35.5. The van der Waals surface area contributed by atoms with E-state index in [0.717, 1.165) is 11.1 Å². The highest BCUT2D eigenvalue weighted by molar-refractivity contribution is 6.28. The molecule has 0 fully saturated rings. The molecule has 1 aromatic carbocycles. The Morgan fingerprint density at radius 2 is 2.07 bits per heavy atom. The van der Waals surface area contributed by atoms with E-state index in [-0.39, 0.29) is 5.28 Å². The van der Waals surface area contributed by atoms with Gasteiger partial charge in [-0.15, -0.1) is 0 Å². The molecule has 3 nitrogen and oxygen atoms in total. The summed E-state index contributed by atoms with van der Waals surface area (Å²) >= 11 is 5.59. The monoisotopic (exact) mass is 208 g/mol. The molecule has 14 heavy (non-hydrogen) atoms. The number of halogens is 1. The van der Waals surface area contributed by atoms with Crippen LogP contribution in [0.5, 0.6) is 0 Å². The van der Waals surface area contributed by atoms with Gasteiger partial charge in [0.25, 0.3) is 11.2 Å². The molecule has 72 valence electrons. The molecule has 0 unspecified atom stereocenters. The molecule has 1 aromatic heterocycles. The fraction of sp³-hybridized carbons (Fsp3) is 0.200. The van der Waals surface area contributed by atoms with Crippen LogP contribution in [0.3, 0.4) is 0 Å². The summed E-state index contributed by atoms with van der Waals surface area (Å²) in [5.41, 5.74) is 3.26. The second-order valence-corrected chi connectivity index (χ2v) is 3.45. The predicted molar refractivity (Wildman–Crippen MR) is 54.2 cm³/mol. The largest absolute Gasteiger partial charge is 0.333 e. The van der Waals surface area contributed by atoms with Gasteiger partial charge in [0.1, 0.15) is 0 Å². The lowest BCUT2D eigenvalue weighted by atomic mass is 10.0. The fourth-order valence-corrected chi connectivity index (χ4v) is 1.41. The van der Waals surface area contributed by atoms with Crippen LogP contribution in [0.25, 0.3) is 11.5 Å². The van der Waals surface area contributed by atoms with Gasteiger partial charge in [-0.25, -0.2) is 0 Å². The zero-order chi connectivity index (χ0) is 10.1. The smallest absolute Gasteiger partial charge is 0.264 e. The topological polar surface area (TPSA) is 38.9 Å². The number of hydrogen-bond donors (Lipinski definition) is 0. The molecule has 2 rings (SSSR count). The highest BCUT2D eigenvalue weighted by Crippen LogP contribution is 2.24. The van der Waals surface area contributed by atoms with Crippen LogP contribution in [0.2, 0.25) is 5.28 Å². The molecule has 0 aliphatic carbocycles. The van der Waals surface area contributed by atoms with Gasteiger partial charge in [-0.3, -0.25) is 0 Å². The summed E-state index contributed by atoms with van der Waals surface area (Å²) in [5.74, 6) is 0.469. The van der Waals surface area contributed by atoms with Gasteiger partial charge in [-0.05, 0) is 47.8 Å². The van der Waals surface area contributed by atoms with Gasteiger partial charge in [0.15, 0.2) is 0 Å². The van der Waals surface area contributed by atoms with Crippen LogP contribution in [0.4, 0.5) is 0 Å². The van der Waals surface area contributed by atoms with Crippen molar-refractivity contribution < 1.29 is 4.52 Å². The number of benzene rings is 1. The van der Waals surface area contributed by atoms with Gasteiger partial charge in [0, 0.05) is 5.56 Å². The van der Waals surface area contributed by atoms with E-state index in [0.29, 0.717) is 5.89 Å². The van der Waals surface area contributed by atoms with Gasteiger partial charge in [-0.2, -0.15) is 4.98 Å². The zero-order valence-electron chi connectivity index (χ0n) is 7.91. The Balaban J connectivity index is 2.57. The first-order chi connectivity index (χ1) is 6.68. The average Bonchev–Trinajstić information content (AvgIpc) is 2.57. The number of hydrogen-bond acceptors (Lipinski definition) is 3. The van der Waals surface area contributed by atoms with Crippen LogP contribution in [0, 0.1) is 13.8 Å². The molecule has 0 amide bonds. The molecule has 0 saturated carbocycles. The Morgan fingerprint density at radius 1 is 1.29 bits per heavy atom. The Hall–Kier alpha value is -1.35. The second kappa shape index (κ2) is 3.42. The van der Waals surface area contributed by atoms with Crippen molar-refractivity contribution >= 4 is 11.6 Å². The van der Waals surface area contributed by atoms with Crippen LogP contribution >= 0.6 is 11.6 Å². The lowest BCUT2D eigenvalue weighted by molar-refractivity contribution is 0.430. The molecule has 0 saturated heterocycles. The molecule has 0 N–H and O–H groups in total. The molecule has 0 spiro atoms. The van der Waals surface area contributed by atoms with E-state index in [9.17, 15) is 0 Å². The van der Waals surface area contributed by atoms with Crippen molar-refractivity contribution in [2.45, 2.75) is 13.8 Å². The number of nitrogens with zero attached hydrogens (tertiary/aromatic N) is 2. The molecular formula is C10H9ClN2O. The summed E-state index contributed by atoms with van der Waals surface area (Å²) in [6.45, 7) is 4.06. The predicted octanol–water partition coefficient (Wildman–Crippen LogP) is 3.01. The first-order valence-electron chi connectivity index (χ1n) is 4.24. The Bertz CT molecular complexity index is 465. The minimum Gasteiger partial charge on any atom is -0.333 e. The van der Waals surface area contributed by atoms with Crippen LogP contribution < -0.4 is 0 Å². The molecule has 0 aliphatic heterocycles. The maximum atomic E-state index is 5.59. The fourth-order valence-electron chi connectivity index (χ4n) is 1.30. The number of aryl methyl sites for hydroxylation is 1. The Labute approximate surface area is 86.7 Å². The van der Waals surface area contributed by atoms with Crippen molar-refractivity contribution in [3.05, 3.63) is 34.6 Å². The second-order valence-electron chi connectivity index (χ2n) is 3.12. The molecule has 0 radical (unpaired) electrons. The van der Waals surface area contributed by atoms with Crippen LogP contribution in [0.1, 0.15) is 11.1 Å². The SMILES string of the molecule is Cc1cccc(-c2nc(Cl)no2)c1C. The third kappa shape index (κ3) is 1.51. The minimum atomic E-state index is 0.140. The summed E-state index contributed by atoms with van der Waals surface area (Å²) in [5, 5.41) is 3.68. The van der Waals surface area contributed by atoms with E-state index < -0.39 is 0 Å². The number of rotatable bonds is 1. The van der Waals surface area contributed by atoms with Gasteiger partial charge >= 0.3 is 0 Å². The van der Waals surface area contributed by atoms with Crippen molar-refractivity contribution in [3.8, 4) is 11.5 Å². The highest BCUT2D eigenvalue weighted by Gasteiger charge is 2.10. The molecule has 4 heteroatoms. The first-order valence-corrected chi connectivity index (χ1v) is 4.62. The third-order valence-corrected chi connectivity index (χ3v) is 2.39. The van der Waals surface area contributed by atoms with Gasteiger partial charge in [0.05, 0.1) is 0 Å². The normalized spacial score (nSPS) is 10.5. The average molecular weight is 209 g/mol. The maximum Gasteiger partial charge on any atom is 0.264 e. The van der Waals surface area contributed by atoms with E-state index in [1.54, 1.807) is 0 Å². The lowest BCUT2D eigenvalue weighted by Crippen LogP contribution is -1.86. The summed E-state index contributed by atoms with van der Waals surface area (Å²) in [6, 6.07) is 5.93. The molecular weight excluding hydrogens is 200 g/mol. The van der Waals surface area contributed by atoms with Crippen molar-refractivity contribution in [2.75, 3.05) is 0 Å². The molecule has 0 bridgehead atoms. The van der Waals surface area contributed by atoms with E-state index in [1.807, 2.05) is 32.0 Å². The quantitative estimate of drug-likeness (QED) is 0.723. The van der Waals surface area contributed by atoms with Crippen molar-refractivity contribution in [3.63, 3.8) is 0 Å². The molecule has 2 aromatic rings. The van der Waals surface area contributed by atoms with E-state index >= 15 is 0 Å². The van der Waals surface area contributed by atoms with Gasteiger partial charge in [-0.1, -0.05) is 12.1 Å². The minimum absolute atomic E-state index is 0.140. The van der Waals surface area contributed by atoms with E-state index in [2.05, 4.69) is 10.1 Å². The van der Waals surface area contributed by atoms with Crippen molar-refractivity contribution in [1.29, 1.82) is 0 Å². The van der Waals surface area contributed by atoms with Crippen LogP contribution in [-0.4, -0.2) is 10.1 Å². The number of aromatic nitrogens is 2. The zero-order valence-corrected chi connectivity index (χ0v) is 8.67. The third-order valence-electron chi connectivity index (χ3n) is 2.24. The molecule has 0 atom stereocenters.